The summed E-state index contributed by atoms with van der Waals surface area (Å²) in [7, 11) is 0. The molecule has 1 saturated heterocycles. The van der Waals surface area contributed by atoms with E-state index in [0.29, 0.717) is 40.6 Å². The zero-order valence-corrected chi connectivity index (χ0v) is 23.9. The quantitative estimate of drug-likeness (QED) is 0.268. The average molecular weight is 576 g/mol. The molecule has 2 N–H and O–H groups in total. The second-order valence-corrected chi connectivity index (χ2v) is 11.7. The maximum atomic E-state index is 16.6. The second-order valence-electron chi connectivity index (χ2n) is 11.7. The fourth-order valence-corrected chi connectivity index (χ4v) is 6.35. The van der Waals surface area contributed by atoms with E-state index in [2.05, 4.69) is 25.3 Å². The summed E-state index contributed by atoms with van der Waals surface area (Å²) in [6.45, 7) is 4.64. The highest BCUT2D eigenvalue weighted by molar-refractivity contribution is 6.17. The van der Waals surface area contributed by atoms with Crippen LogP contribution in [0, 0.1) is 25.6 Å². The molecule has 3 aliphatic rings. The van der Waals surface area contributed by atoms with E-state index in [1.54, 1.807) is 31.0 Å². The lowest BCUT2D eigenvalue weighted by Crippen LogP contribution is -2.24. The number of amides is 1. The van der Waals surface area contributed by atoms with Crippen molar-refractivity contribution >= 4 is 34.0 Å². The fraction of sp³-hybridized carbons (Fsp3) is 0.312. The SMILES string of the molecule is Cc1cn(-c2ccc(C)c3nc(C4=NC5CN5c5cnc(-c6cncc(NC(=O)C7CCCCC7)c6)c(F)c54)[nH]c23)cn1. The Labute approximate surface area is 247 Å². The minimum Gasteiger partial charge on any atom is -0.342 e. The maximum Gasteiger partial charge on any atom is 0.227 e. The van der Waals surface area contributed by atoms with Crippen LogP contribution in [0.2, 0.25) is 0 Å². The third-order valence-electron chi connectivity index (χ3n) is 8.70. The van der Waals surface area contributed by atoms with Gasteiger partial charge >= 0.3 is 0 Å². The average Bonchev–Trinajstić information content (AvgIpc) is 3.46. The molecule has 0 spiro atoms. The number of aromatic nitrogens is 6. The highest BCUT2D eigenvalue weighted by Crippen LogP contribution is 2.41. The van der Waals surface area contributed by atoms with Crippen LogP contribution in [0.25, 0.3) is 28.0 Å². The predicted octanol–water partition coefficient (Wildman–Crippen LogP) is 5.48. The third-order valence-corrected chi connectivity index (χ3v) is 8.70. The van der Waals surface area contributed by atoms with E-state index in [0.717, 1.165) is 53.7 Å². The number of benzene rings is 1. The molecule has 0 bridgehead atoms. The number of carbonyl (C=O) groups excluding carboxylic acids is 1. The fourth-order valence-electron chi connectivity index (χ4n) is 6.35. The van der Waals surface area contributed by atoms with Crippen LogP contribution < -0.4 is 10.2 Å². The van der Waals surface area contributed by atoms with Crippen molar-refractivity contribution in [3.05, 3.63) is 77.8 Å². The maximum absolute atomic E-state index is 16.6. The number of carbonyl (C=O) groups is 1. The van der Waals surface area contributed by atoms with E-state index in [4.69, 9.17) is 9.98 Å². The van der Waals surface area contributed by atoms with Gasteiger partial charge in [0.25, 0.3) is 0 Å². The summed E-state index contributed by atoms with van der Waals surface area (Å²) in [5.41, 5.74) is 7.09. The Morgan fingerprint density at radius 2 is 1.93 bits per heavy atom. The van der Waals surface area contributed by atoms with E-state index in [1.165, 1.54) is 6.42 Å². The number of H-pyrrole nitrogens is 1. The molecule has 1 amide bonds. The Morgan fingerprint density at radius 1 is 1.07 bits per heavy atom. The van der Waals surface area contributed by atoms with Crippen molar-refractivity contribution in [1.82, 2.24) is 29.5 Å². The summed E-state index contributed by atoms with van der Waals surface area (Å²) in [6.07, 6.45) is 13.6. The lowest BCUT2D eigenvalue weighted by molar-refractivity contribution is -0.120. The second kappa shape index (κ2) is 9.82. The van der Waals surface area contributed by atoms with Crippen molar-refractivity contribution in [1.29, 1.82) is 0 Å². The molecule has 43 heavy (non-hydrogen) atoms. The molecular formula is C32H30FN9O. The lowest BCUT2D eigenvalue weighted by Gasteiger charge is -2.21. The Kier molecular flexibility index (Phi) is 5.88. The molecule has 0 radical (unpaired) electrons. The van der Waals surface area contributed by atoms with Gasteiger partial charge in [0.2, 0.25) is 5.91 Å². The molecule has 216 valence electrons. The van der Waals surface area contributed by atoms with E-state index >= 15 is 4.39 Å². The van der Waals surface area contributed by atoms with Crippen LogP contribution in [-0.4, -0.2) is 53.8 Å². The van der Waals surface area contributed by atoms with Gasteiger partial charge in [-0.1, -0.05) is 25.3 Å². The minimum atomic E-state index is -0.498. The highest BCUT2D eigenvalue weighted by atomic mass is 19.1. The molecule has 6 heterocycles. The van der Waals surface area contributed by atoms with Crippen molar-refractivity contribution < 1.29 is 9.18 Å². The van der Waals surface area contributed by atoms with Crippen molar-refractivity contribution in [2.75, 3.05) is 16.8 Å². The number of imidazole rings is 2. The molecule has 1 aromatic carbocycles. The molecule has 1 atom stereocenters. The molecule has 1 unspecified atom stereocenters. The number of aliphatic imine (C=N–C) groups is 1. The number of halogens is 1. The molecule has 8 rings (SSSR count). The van der Waals surface area contributed by atoms with Crippen LogP contribution in [0.3, 0.4) is 0 Å². The first kappa shape index (κ1) is 25.8. The summed E-state index contributed by atoms with van der Waals surface area (Å²) in [5, 5.41) is 2.99. The number of fused-ring (bicyclic) bond motifs is 4. The van der Waals surface area contributed by atoms with Gasteiger partial charge in [0, 0.05) is 23.9 Å². The summed E-state index contributed by atoms with van der Waals surface area (Å²) in [6, 6.07) is 5.78. The minimum absolute atomic E-state index is 0.00100. The van der Waals surface area contributed by atoms with E-state index < -0.39 is 5.82 Å². The number of hydrogen-bond donors (Lipinski definition) is 2. The Balaban J connectivity index is 1.19. The summed E-state index contributed by atoms with van der Waals surface area (Å²) in [4.78, 5) is 41.4. The number of pyridine rings is 2. The first-order chi connectivity index (χ1) is 20.9. The normalized spacial score (nSPS) is 17.9. The van der Waals surface area contributed by atoms with Gasteiger partial charge in [-0.05, 0) is 44.4 Å². The summed E-state index contributed by atoms with van der Waals surface area (Å²) >= 11 is 0. The van der Waals surface area contributed by atoms with Crippen LogP contribution >= 0.6 is 0 Å². The number of aromatic amines is 1. The van der Waals surface area contributed by atoms with Crippen molar-refractivity contribution in [3.8, 4) is 16.9 Å². The molecule has 5 aromatic rings. The molecule has 11 heteroatoms. The van der Waals surface area contributed by atoms with Gasteiger partial charge in [0.1, 0.15) is 17.6 Å². The topological polar surface area (TPSA) is 117 Å². The van der Waals surface area contributed by atoms with Gasteiger partial charge in [-0.2, -0.15) is 0 Å². The number of nitrogens with zero attached hydrogens (tertiary/aromatic N) is 7. The highest BCUT2D eigenvalue weighted by Gasteiger charge is 2.43. The van der Waals surface area contributed by atoms with Gasteiger partial charge in [-0.15, -0.1) is 0 Å². The van der Waals surface area contributed by atoms with Crippen molar-refractivity contribution in [2.24, 2.45) is 10.9 Å². The first-order valence-electron chi connectivity index (χ1n) is 14.7. The van der Waals surface area contributed by atoms with Gasteiger partial charge in [0.15, 0.2) is 11.6 Å². The standard InChI is InChI=1S/C32H30FN9O/c1-17-8-9-22(41-14-18(2)36-16-41)29-27(17)39-31(40-29)30-25-23(42-15-24(42)38-30)13-35-28(26(25)33)20-10-21(12-34-11-20)37-32(43)19-6-4-3-5-7-19/h8-14,16,19,24H,3-7,15H2,1-2H3,(H,37,43)(H,39,40). The summed E-state index contributed by atoms with van der Waals surface area (Å²) < 4.78 is 18.5. The molecule has 1 saturated carbocycles. The third kappa shape index (κ3) is 4.38. The van der Waals surface area contributed by atoms with E-state index in [1.807, 2.05) is 41.6 Å². The zero-order chi connectivity index (χ0) is 29.2. The van der Waals surface area contributed by atoms with Crippen LogP contribution in [0.15, 0.2) is 54.3 Å². The van der Waals surface area contributed by atoms with Crippen LogP contribution in [0.5, 0.6) is 0 Å². The van der Waals surface area contributed by atoms with Crippen molar-refractivity contribution in [3.63, 3.8) is 0 Å². The smallest absolute Gasteiger partial charge is 0.227 e. The number of hydrogen-bond acceptors (Lipinski definition) is 7. The van der Waals surface area contributed by atoms with Gasteiger partial charge < -0.3 is 19.8 Å². The Morgan fingerprint density at radius 3 is 2.74 bits per heavy atom. The number of rotatable bonds is 5. The van der Waals surface area contributed by atoms with Crippen LogP contribution in [0.4, 0.5) is 15.8 Å². The molecule has 2 aliphatic heterocycles. The molecule has 1 aliphatic carbocycles. The first-order valence-corrected chi connectivity index (χ1v) is 14.7. The number of aryl methyl sites for hydroxylation is 2. The number of nitrogens with one attached hydrogen (secondary N) is 2. The Hall–Kier alpha value is -4.93. The molecule has 10 nitrogen and oxygen atoms in total. The molecular weight excluding hydrogens is 545 g/mol. The van der Waals surface area contributed by atoms with Gasteiger partial charge in [-0.3, -0.25) is 19.8 Å². The monoisotopic (exact) mass is 575 g/mol. The van der Waals surface area contributed by atoms with Crippen LogP contribution in [0.1, 0.15) is 54.7 Å². The lowest BCUT2D eigenvalue weighted by atomic mass is 9.88. The zero-order valence-electron chi connectivity index (χ0n) is 23.9. The Bertz CT molecular complexity index is 1950. The van der Waals surface area contributed by atoms with E-state index in [9.17, 15) is 4.79 Å². The molecule has 4 aromatic heterocycles. The summed E-state index contributed by atoms with van der Waals surface area (Å²) in [5.74, 6) is -0.00866. The van der Waals surface area contributed by atoms with Gasteiger partial charge in [-0.25, -0.2) is 14.4 Å². The number of anilines is 2. The molecule has 2 fully saturated rings. The van der Waals surface area contributed by atoms with Crippen LogP contribution in [-0.2, 0) is 4.79 Å². The van der Waals surface area contributed by atoms with E-state index in [-0.39, 0.29) is 23.7 Å². The predicted molar refractivity (Wildman–Crippen MR) is 162 cm³/mol. The van der Waals surface area contributed by atoms with Gasteiger partial charge in [0.05, 0.1) is 64.6 Å². The largest absolute Gasteiger partial charge is 0.342 e. The van der Waals surface area contributed by atoms with Crippen molar-refractivity contribution in [2.45, 2.75) is 52.1 Å².